The van der Waals surface area contributed by atoms with Crippen LogP contribution in [0.25, 0.3) is 127 Å². The Labute approximate surface area is 389 Å². The molecule has 6 nitrogen and oxygen atoms in total. The van der Waals surface area contributed by atoms with Crippen molar-refractivity contribution in [3.8, 4) is 51.5 Å². The van der Waals surface area contributed by atoms with E-state index in [0.717, 1.165) is 110 Å². The molecule has 4 aromatic heterocycles. The van der Waals surface area contributed by atoms with Gasteiger partial charge in [-0.05, 0) is 95.6 Å². The maximum atomic E-state index is 10.8. The molecule has 0 atom stereocenters. The third-order valence-corrected chi connectivity index (χ3v) is 13.8. The largest absolute Gasteiger partial charge is 0.456 e. The lowest BCUT2D eigenvalue weighted by atomic mass is 9.91. The Morgan fingerprint density at radius 1 is 0.324 bits per heavy atom. The van der Waals surface area contributed by atoms with Crippen molar-refractivity contribution < 1.29 is 4.42 Å². The molecule has 10 aromatic carbocycles. The SMILES string of the molecule is N#Cc1cc(-c2cc(-n3c4ccccc4c4cc5c(cc43)oc3ccccc35)cc(-n3c4ccccc4c4c3ccc3c5ccccc5n(-c5ccccc5)c34)c2)cc(C#N)c1-c1ccccc1. The van der Waals surface area contributed by atoms with Gasteiger partial charge in [0.1, 0.15) is 11.2 Å². The fraction of sp³-hybridized carbons (Fsp3) is 0. The highest BCUT2D eigenvalue weighted by molar-refractivity contribution is 6.26. The van der Waals surface area contributed by atoms with Crippen LogP contribution in [-0.4, -0.2) is 13.7 Å². The molecular weight excluding hydrogens is 831 g/mol. The number of para-hydroxylation sites is 5. The minimum Gasteiger partial charge on any atom is -0.456 e. The van der Waals surface area contributed by atoms with Gasteiger partial charge in [0.25, 0.3) is 0 Å². The minimum atomic E-state index is 0.439. The first kappa shape index (κ1) is 37.7. The van der Waals surface area contributed by atoms with E-state index in [1.165, 1.54) is 10.8 Å². The van der Waals surface area contributed by atoms with Crippen molar-refractivity contribution in [2.45, 2.75) is 0 Å². The monoisotopic (exact) mass is 865 g/mol. The Morgan fingerprint density at radius 3 is 1.56 bits per heavy atom. The molecule has 68 heavy (non-hydrogen) atoms. The molecule has 14 aromatic rings. The van der Waals surface area contributed by atoms with Crippen LogP contribution in [0.5, 0.6) is 0 Å². The van der Waals surface area contributed by atoms with Gasteiger partial charge in [-0.1, -0.05) is 127 Å². The molecule has 0 unspecified atom stereocenters. The van der Waals surface area contributed by atoms with Gasteiger partial charge in [0.05, 0.1) is 56.4 Å². The van der Waals surface area contributed by atoms with E-state index in [4.69, 9.17) is 4.42 Å². The second-order valence-electron chi connectivity index (χ2n) is 17.5. The van der Waals surface area contributed by atoms with E-state index in [1.807, 2.05) is 54.6 Å². The lowest BCUT2D eigenvalue weighted by Crippen LogP contribution is -2.01. The number of aromatic nitrogens is 3. The van der Waals surface area contributed by atoms with Gasteiger partial charge in [0.15, 0.2) is 0 Å². The van der Waals surface area contributed by atoms with Crippen molar-refractivity contribution in [3.63, 3.8) is 0 Å². The number of rotatable bonds is 5. The molecule has 6 heteroatoms. The van der Waals surface area contributed by atoms with E-state index < -0.39 is 0 Å². The van der Waals surface area contributed by atoms with Crippen LogP contribution >= 0.6 is 0 Å². The number of nitrogens with zero attached hydrogens (tertiary/aromatic N) is 5. The summed E-state index contributed by atoms with van der Waals surface area (Å²) in [4.78, 5) is 0. The molecule has 4 heterocycles. The standard InChI is InChI=1S/C62H35N5O/c63-36-41-29-39(30-42(37-64)60(41)38-15-3-1-4-16-38)40-31-44(33-45(32-40)66-53-23-11-8-20-47(53)51-34-52-48-21-10-14-26-58(48)68-59(52)35-57(51)66)65-55-25-13-9-22-50(55)61-56(65)28-27-49-46-19-7-12-24-54(46)67(62(49)61)43-17-5-2-6-18-43/h1-35H. The molecule has 0 aliphatic rings. The molecule has 14 rings (SSSR count). The smallest absolute Gasteiger partial charge is 0.137 e. The van der Waals surface area contributed by atoms with Crippen LogP contribution < -0.4 is 0 Å². The molecule has 0 radical (unpaired) electrons. The van der Waals surface area contributed by atoms with Crippen LogP contribution in [0.15, 0.2) is 217 Å². The molecule has 0 saturated carbocycles. The van der Waals surface area contributed by atoms with Gasteiger partial charge < -0.3 is 18.1 Å². The maximum Gasteiger partial charge on any atom is 0.137 e. The van der Waals surface area contributed by atoms with E-state index in [1.54, 1.807) is 0 Å². The number of furan rings is 1. The second kappa shape index (κ2) is 14.4. The highest BCUT2D eigenvalue weighted by Crippen LogP contribution is 2.45. The maximum absolute atomic E-state index is 10.8. The highest BCUT2D eigenvalue weighted by atomic mass is 16.3. The molecule has 0 amide bonds. The predicted molar refractivity (Wildman–Crippen MR) is 277 cm³/mol. The van der Waals surface area contributed by atoms with Gasteiger partial charge in [-0.2, -0.15) is 10.5 Å². The third kappa shape index (κ3) is 5.37. The molecule has 0 aliphatic carbocycles. The van der Waals surface area contributed by atoms with Crippen LogP contribution in [0.3, 0.4) is 0 Å². The zero-order valence-electron chi connectivity index (χ0n) is 36.4. The number of benzene rings is 10. The minimum absolute atomic E-state index is 0.439. The molecular formula is C62H35N5O. The van der Waals surface area contributed by atoms with Crippen LogP contribution in [-0.2, 0) is 0 Å². The summed E-state index contributed by atoms with van der Waals surface area (Å²) < 4.78 is 13.7. The molecule has 314 valence electrons. The average Bonchev–Trinajstić information content (AvgIpc) is 4.14. The summed E-state index contributed by atoms with van der Waals surface area (Å²) in [6.07, 6.45) is 0. The Kier molecular flexibility index (Phi) is 8.01. The van der Waals surface area contributed by atoms with Gasteiger partial charge in [-0.3, -0.25) is 0 Å². The van der Waals surface area contributed by atoms with Gasteiger partial charge >= 0.3 is 0 Å². The molecule has 0 N–H and O–H groups in total. The van der Waals surface area contributed by atoms with Crippen LogP contribution in [0.1, 0.15) is 11.1 Å². The first-order valence-corrected chi connectivity index (χ1v) is 22.7. The fourth-order valence-corrected chi connectivity index (χ4v) is 11.0. The lowest BCUT2D eigenvalue weighted by molar-refractivity contribution is 0.669. The number of nitriles is 2. The third-order valence-electron chi connectivity index (χ3n) is 13.8. The highest BCUT2D eigenvalue weighted by Gasteiger charge is 2.24. The Bertz CT molecular complexity index is 4480. The van der Waals surface area contributed by atoms with E-state index in [2.05, 4.69) is 184 Å². The van der Waals surface area contributed by atoms with Gasteiger partial charge in [0, 0.05) is 71.8 Å². The first-order chi connectivity index (χ1) is 33.6. The fourth-order valence-electron chi connectivity index (χ4n) is 11.0. The van der Waals surface area contributed by atoms with Crippen LogP contribution in [0.2, 0.25) is 0 Å². The predicted octanol–water partition coefficient (Wildman–Crippen LogP) is 16.0. The van der Waals surface area contributed by atoms with Crippen LogP contribution in [0, 0.1) is 22.7 Å². The molecule has 0 aliphatic heterocycles. The van der Waals surface area contributed by atoms with E-state index in [-0.39, 0.29) is 0 Å². The summed E-state index contributed by atoms with van der Waals surface area (Å²) in [6.45, 7) is 0. The second-order valence-corrected chi connectivity index (χ2v) is 17.5. The van der Waals surface area contributed by atoms with Crippen molar-refractivity contribution in [1.29, 1.82) is 10.5 Å². The zero-order chi connectivity index (χ0) is 45.0. The van der Waals surface area contributed by atoms with Crippen LogP contribution in [0.4, 0.5) is 0 Å². The van der Waals surface area contributed by atoms with Crippen molar-refractivity contribution in [2.24, 2.45) is 0 Å². The quantitative estimate of drug-likeness (QED) is 0.173. The van der Waals surface area contributed by atoms with Crippen molar-refractivity contribution in [1.82, 2.24) is 13.7 Å². The molecule has 0 fully saturated rings. The Morgan fingerprint density at radius 2 is 0.868 bits per heavy atom. The van der Waals surface area contributed by atoms with Crippen molar-refractivity contribution in [2.75, 3.05) is 0 Å². The van der Waals surface area contributed by atoms with E-state index >= 15 is 0 Å². The van der Waals surface area contributed by atoms with Gasteiger partial charge in [0.2, 0.25) is 0 Å². The summed E-state index contributed by atoms with van der Waals surface area (Å²) in [5.74, 6) is 0. The zero-order valence-corrected chi connectivity index (χ0v) is 36.4. The molecule has 0 saturated heterocycles. The summed E-state index contributed by atoms with van der Waals surface area (Å²) >= 11 is 0. The summed E-state index contributed by atoms with van der Waals surface area (Å²) in [6, 6.07) is 78.9. The lowest BCUT2D eigenvalue weighted by Gasteiger charge is -2.17. The summed E-state index contributed by atoms with van der Waals surface area (Å²) in [5.41, 5.74) is 15.1. The summed E-state index contributed by atoms with van der Waals surface area (Å²) in [5, 5.41) is 30.6. The number of fused-ring (bicyclic) bond motifs is 13. The Hall–Kier alpha value is -9.62. The van der Waals surface area contributed by atoms with Crippen molar-refractivity contribution in [3.05, 3.63) is 223 Å². The van der Waals surface area contributed by atoms with Gasteiger partial charge in [-0.25, -0.2) is 0 Å². The number of hydrogen-bond acceptors (Lipinski definition) is 3. The van der Waals surface area contributed by atoms with Gasteiger partial charge in [-0.15, -0.1) is 0 Å². The first-order valence-electron chi connectivity index (χ1n) is 22.7. The normalized spacial score (nSPS) is 11.8. The molecule has 0 bridgehead atoms. The molecule has 0 spiro atoms. The summed E-state index contributed by atoms with van der Waals surface area (Å²) in [7, 11) is 0. The van der Waals surface area contributed by atoms with Crippen molar-refractivity contribution >= 4 is 87.4 Å². The van der Waals surface area contributed by atoms with E-state index in [0.29, 0.717) is 16.7 Å². The average molecular weight is 866 g/mol. The topological polar surface area (TPSA) is 75.5 Å². The number of hydrogen-bond donors (Lipinski definition) is 0. The Balaban J connectivity index is 1.11. The van der Waals surface area contributed by atoms with E-state index in [9.17, 15) is 10.5 Å².